The molecule has 0 aliphatic carbocycles. The molecular formula is C12H16ClNO2. The molecule has 0 aliphatic rings. The van der Waals surface area contributed by atoms with Gasteiger partial charge in [0.1, 0.15) is 18.2 Å². The molecule has 0 saturated heterocycles. The van der Waals surface area contributed by atoms with E-state index < -0.39 is 0 Å². The van der Waals surface area contributed by atoms with Gasteiger partial charge in [-0.3, -0.25) is 4.79 Å². The van der Waals surface area contributed by atoms with Crippen molar-refractivity contribution in [3.63, 3.8) is 0 Å². The number of aryl methyl sites for hydroxylation is 1. The van der Waals surface area contributed by atoms with Gasteiger partial charge in [0.25, 0.3) is 0 Å². The van der Waals surface area contributed by atoms with E-state index in [2.05, 4.69) is 12.2 Å². The average Bonchev–Trinajstić information content (AvgIpc) is 2.34. The van der Waals surface area contributed by atoms with Gasteiger partial charge in [0.2, 0.25) is 5.91 Å². The second-order valence-corrected chi connectivity index (χ2v) is 3.56. The standard InChI is InChI=1S/C12H16ClNO2/c1-2-10-5-3-4-6-11(10)16-8-7-14-12(15)9-13/h3-6H,2,7-9H2,1H3,(H,14,15). The highest BCUT2D eigenvalue weighted by molar-refractivity contribution is 6.27. The average molecular weight is 242 g/mol. The van der Waals surface area contributed by atoms with Crippen molar-refractivity contribution < 1.29 is 9.53 Å². The largest absolute Gasteiger partial charge is 0.491 e. The fraction of sp³-hybridized carbons (Fsp3) is 0.417. The lowest BCUT2D eigenvalue weighted by Gasteiger charge is -2.10. The minimum Gasteiger partial charge on any atom is -0.491 e. The molecule has 1 N–H and O–H groups in total. The van der Waals surface area contributed by atoms with Crippen LogP contribution in [0.3, 0.4) is 0 Å². The molecule has 0 aromatic heterocycles. The van der Waals surface area contributed by atoms with Crippen molar-refractivity contribution in [3.8, 4) is 5.75 Å². The molecule has 0 bridgehead atoms. The van der Waals surface area contributed by atoms with Crippen LogP contribution in [0.1, 0.15) is 12.5 Å². The van der Waals surface area contributed by atoms with E-state index in [4.69, 9.17) is 16.3 Å². The molecule has 0 unspecified atom stereocenters. The summed E-state index contributed by atoms with van der Waals surface area (Å²) in [6, 6.07) is 7.89. The third-order valence-electron chi connectivity index (χ3n) is 2.16. The first-order chi connectivity index (χ1) is 7.77. The molecule has 0 spiro atoms. The van der Waals surface area contributed by atoms with Gasteiger partial charge in [-0.2, -0.15) is 0 Å². The number of carbonyl (C=O) groups excluding carboxylic acids is 1. The van der Waals surface area contributed by atoms with Crippen molar-refractivity contribution in [2.75, 3.05) is 19.0 Å². The summed E-state index contributed by atoms with van der Waals surface area (Å²) in [6.07, 6.45) is 0.935. The van der Waals surface area contributed by atoms with E-state index in [1.54, 1.807) is 0 Å². The number of halogens is 1. The quantitative estimate of drug-likeness (QED) is 0.611. The van der Waals surface area contributed by atoms with E-state index >= 15 is 0 Å². The van der Waals surface area contributed by atoms with Gasteiger partial charge in [-0.15, -0.1) is 11.6 Å². The fourth-order valence-corrected chi connectivity index (χ4v) is 1.43. The van der Waals surface area contributed by atoms with Gasteiger partial charge >= 0.3 is 0 Å². The highest BCUT2D eigenvalue weighted by atomic mass is 35.5. The van der Waals surface area contributed by atoms with Crippen molar-refractivity contribution in [2.45, 2.75) is 13.3 Å². The van der Waals surface area contributed by atoms with Gasteiger partial charge in [-0.1, -0.05) is 25.1 Å². The third-order valence-corrected chi connectivity index (χ3v) is 2.40. The molecule has 1 aromatic carbocycles. The van der Waals surface area contributed by atoms with Gasteiger partial charge in [0.15, 0.2) is 0 Å². The summed E-state index contributed by atoms with van der Waals surface area (Å²) in [4.78, 5) is 10.8. The Morgan fingerprint density at radius 3 is 2.88 bits per heavy atom. The lowest BCUT2D eigenvalue weighted by molar-refractivity contribution is -0.118. The van der Waals surface area contributed by atoms with Crippen LogP contribution < -0.4 is 10.1 Å². The number of ether oxygens (including phenoxy) is 1. The van der Waals surface area contributed by atoms with Gasteiger partial charge in [-0.05, 0) is 18.1 Å². The summed E-state index contributed by atoms with van der Waals surface area (Å²) in [6.45, 7) is 3.01. The van der Waals surface area contributed by atoms with Crippen LogP contribution in [0.15, 0.2) is 24.3 Å². The first-order valence-electron chi connectivity index (χ1n) is 5.31. The molecule has 0 fully saturated rings. The Hall–Kier alpha value is -1.22. The molecule has 1 rings (SSSR count). The first kappa shape index (κ1) is 12.8. The van der Waals surface area contributed by atoms with Crippen molar-refractivity contribution in [2.24, 2.45) is 0 Å². The second kappa shape index (κ2) is 7.12. The van der Waals surface area contributed by atoms with Crippen LogP contribution in [0.5, 0.6) is 5.75 Å². The zero-order valence-electron chi connectivity index (χ0n) is 9.33. The molecule has 16 heavy (non-hydrogen) atoms. The molecule has 88 valence electrons. The SMILES string of the molecule is CCc1ccccc1OCCNC(=O)CCl. The molecule has 1 aromatic rings. The predicted octanol–water partition coefficient (Wildman–Crippen LogP) is 1.98. The molecule has 0 aliphatic heterocycles. The van der Waals surface area contributed by atoms with E-state index in [1.807, 2.05) is 24.3 Å². The first-order valence-corrected chi connectivity index (χ1v) is 5.84. The minimum absolute atomic E-state index is 0.00839. The zero-order valence-corrected chi connectivity index (χ0v) is 10.1. The molecule has 0 saturated carbocycles. The summed E-state index contributed by atoms with van der Waals surface area (Å²) in [7, 11) is 0. The van der Waals surface area contributed by atoms with Crippen LogP contribution in [0.4, 0.5) is 0 Å². The van der Waals surface area contributed by atoms with Gasteiger partial charge in [0, 0.05) is 0 Å². The van der Waals surface area contributed by atoms with Crippen LogP contribution in [-0.2, 0) is 11.2 Å². The number of hydrogen-bond acceptors (Lipinski definition) is 2. The number of rotatable bonds is 6. The van der Waals surface area contributed by atoms with Crippen molar-refractivity contribution >= 4 is 17.5 Å². The Kier molecular flexibility index (Phi) is 5.72. The molecule has 4 heteroatoms. The van der Waals surface area contributed by atoms with E-state index in [1.165, 1.54) is 5.56 Å². The van der Waals surface area contributed by atoms with E-state index in [9.17, 15) is 4.79 Å². The summed E-state index contributed by atoms with van der Waals surface area (Å²) in [5.41, 5.74) is 1.17. The monoisotopic (exact) mass is 241 g/mol. The summed E-state index contributed by atoms with van der Waals surface area (Å²) in [5.74, 6) is 0.699. The Morgan fingerprint density at radius 1 is 1.44 bits per heavy atom. The molecular weight excluding hydrogens is 226 g/mol. The Balaban J connectivity index is 2.34. The van der Waals surface area contributed by atoms with Gasteiger partial charge in [-0.25, -0.2) is 0 Å². The summed E-state index contributed by atoms with van der Waals surface area (Å²) >= 11 is 5.34. The number of hydrogen-bond donors (Lipinski definition) is 1. The highest BCUT2D eigenvalue weighted by Gasteiger charge is 2.01. The summed E-state index contributed by atoms with van der Waals surface area (Å²) < 4.78 is 5.57. The lowest BCUT2D eigenvalue weighted by Crippen LogP contribution is -2.28. The zero-order chi connectivity index (χ0) is 11.8. The molecule has 0 atom stereocenters. The van der Waals surface area contributed by atoms with Crippen molar-refractivity contribution in [1.29, 1.82) is 0 Å². The Bertz CT molecular complexity index is 342. The van der Waals surface area contributed by atoms with Crippen LogP contribution in [0.2, 0.25) is 0 Å². The maximum atomic E-state index is 10.8. The van der Waals surface area contributed by atoms with Crippen LogP contribution >= 0.6 is 11.6 Å². The normalized spacial score (nSPS) is 9.88. The molecule has 0 radical (unpaired) electrons. The minimum atomic E-state index is -0.172. The highest BCUT2D eigenvalue weighted by Crippen LogP contribution is 2.17. The number of benzene rings is 1. The maximum absolute atomic E-state index is 10.8. The molecule has 3 nitrogen and oxygen atoms in total. The van der Waals surface area contributed by atoms with E-state index in [0.717, 1.165) is 12.2 Å². The van der Waals surface area contributed by atoms with Crippen LogP contribution in [-0.4, -0.2) is 24.9 Å². The lowest BCUT2D eigenvalue weighted by atomic mass is 10.1. The third kappa shape index (κ3) is 4.11. The summed E-state index contributed by atoms with van der Waals surface area (Å²) in [5, 5.41) is 2.64. The number of amides is 1. The Labute approximate surface area is 101 Å². The van der Waals surface area contributed by atoms with Crippen LogP contribution in [0.25, 0.3) is 0 Å². The van der Waals surface area contributed by atoms with Crippen molar-refractivity contribution in [3.05, 3.63) is 29.8 Å². The maximum Gasteiger partial charge on any atom is 0.235 e. The predicted molar refractivity (Wildman–Crippen MR) is 65.0 cm³/mol. The smallest absolute Gasteiger partial charge is 0.235 e. The number of nitrogens with one attached hydrogen (secondary N) is 1. The van der Waals surface area contributed by atoms with E-state index in [-0.39, 0.29) is 11.8 Å². The van der Waals surface area contributed by atoms with Crippen molar-refractivity contribution in [1.82, 2.24) is 5.32 Å². The topological polar surface area (TPSA) is 38.3 Å². The Morgan fingerprint density at radius 2 is 2.19 bits per heavy atom. The van der Waals surface area contributed by atoms with Crippen LogP contribution in [0, 0.1) is 0 Å². The fourth-order valence-electron chi connectivity index (χ4n) is 1.34. The molecule has 1 amide bonds. The van der Waals surface area contributed by atoms with E-state index in [0.29, 0.717) is 13.2 Å². The number of para-hydroxylation sites is 1. The number of alkyl halides is 1. The van der Waals surface area contributed by atoms with Gasteiger partial charge < -0.3 is 10.1 Å². The molecule has 0 heterocycles. The second-order valence-electron chi connectivity index (χ2n) is 3.29. The van der Waals surface area contributed by atoms with Gasteiger partial charge in [0.05, 0.1) is 6.54 Å². The number of carbonyl (C=O) groups is 1.